The lowest BCUT2D eigenvalue weighted by atomic mass is 10.4. The summed E-state index contributed by atoms with van der Waals surface area (Å²) in [7, 11) is 1.76. The topological polar surface area (TPSA) is 54.0 Å². The number of aromatic nitrogens is 1. The Balaban J connectivity index is 2.48. The highest BCUT2D eigenvalue weighted by molar-refractivity contribution is 7.17. The summed E-state index contributed by atoms with van der Waals surface area (Å²) in [6.45, 7) is 0.502. The fraction of sp³-hybridized carbons (Fsp3) is 0.333. The normalized spacial score (nSPS) is 9.14. The van der Waals surface area contributed by atoms with Crippen LogP contribution in [0.5, 0.6) is 0 Å². The zero-order valence-corrected chi connectivity index (χ0v) is 8.65. The van der Waals surface area contributed by atoms with Gasteiger partial charge in [0.15, 0.2) is 5.13 Å². The van der Waals surface area contributed by atoms with Gasteiger partial charge >= 0.3 is 0 Å². The van der Waals surface area contributed by atoms with Crippen molar-refractivity contribution in [3.63, 3.8) is 0 Å². The summed E-state index contributed by atoms with van der Waals surface area (Å²) in [6.07, 6.45) is 7.15. The molecule has 1 aromatic rings. The summed E-state index contributed by atoms with van der Waals surface area (Å²) < 4.78 is 0. The van der Waals surface area contributed by atoms with Crippen LogP contribution in [-0.2, 0) is 0 Å². The SMILES string of the molecule is C#CCCNC(=O)c1cnc(NC)s1. The van der Waals surface area contributed by atoms with Crippen molar-refractivity contribution in [2.45, 2.75) is 6.42 Å². The second kappa shape index (κ2) is 5.25. The highest BCUT2D eigenvalue weighted by Gasteiger charge is 2.08. The molecular weight excluding hydrogens is 198 g/mol. The number of anilines is 1. The van der Waals surface area contributed by atoms with Crippen molar-refractivity contribution in [1.82, 2.24) is 10.3 Å². The minimum absolute atomic E-state index is 0.126. The molecule has 2 N–H and O–H groups in total. The minimum atomic E-state index is -0.126. The molecule has 0 fully saturated rings. The van der Waals surface area contributed by atoms with Gasteiger partial charge in [-0.05, 0) is 0 Å². The van der Waals surface area contributed by atoms with E-state index in [0.29, 0.717) is 17.8 Å². The molecule has 1 heterocycles. The van der Waals surface area contributed by atoms with E-state index in [1.807, 2.05) is 0 Å². The Hall–Kier alpha value is -1.54. The van der Waals surface area contributed by atoms with Gasteiger partial charge in [0.2, 0.25) is 0 Å². The van der Waals surface area contributed by atoms with E-state index in [1.54, 1.807) is 13.2 Å². The summed E-state index contributed by atoms with van der Waals surface area (Å²) in [4.78, 5) is 16.0. The van der Waals surface area contributed by atoms with E-state index in [2.05, 4.69) is 21.5 Å². The summed E-state index contributed by atoms with van der Waals surface area (Å²) >= 11 is 1.31. The highest BCUT2D eigenvalue weighted by Crippen LogP contribution is 2.16. The quantitative estimate of drug-likeness (QED) is 0.573. The minimum Gasteiger partial charge on any atom is -0.365 e. The lowest BCUT2D eigenvalue weighted by Gasteiger charge is -1.98. The van der Waals surface area contributed by atoms with Gasteiger partial charge in [0, 0.05) is 20.0 Å². The Bertz CT molecular complexity index is 353. The molecule has 0 aromatic carbocycles. The average Bonchev–Trinajstić information content (AvgIpc) is 2.66. The predicted molar refractivity (Wildman–Crippen MR) is 57.4 cm³/mol. The summed E-state index contributed by atoms with van der Waals surface area (Å²) in [5.74, 6) is 2.33. The van der Waals surface area contributed by atoms with Crippen molar-refractivity contribution < 1.29 is 4.79 Å². The molecule has 0 bridgehead atoms. The Morgan fingerprint density at radius 2 is 2.57 bits per heavy atom. The lowest BCUT2D eigenvalue weighted by molar-refractivity contribution is 0.0958. The number of amides is 1. The van der Waals surface area contributed by atoms with Crippen LogP contribution in [0.1, 0.15) is 16.1 Å². The molecule has 5 heteroatoms. The van der Waals surface area contributed by atoms with Crippen LogP contribution in [-0.4, -0.2) is 24.5 Å². The van der Waals surface area contributed by atoms with Gasteiger partial charge in [0.25, 0.3) is 5.91 Å². The van der Waals surface area contributed by atoms with Crippen LogP contribution in [0.3, 0.4) is 0 Å². The van der Waals surface area contributed by atoms with Gasteiger partial charge in [-0.2, -0.15) is 0 Å². The lowest BCUT2D eigenvalue weighted by Crippen LogP contribution is -2.23. The van der Waals surface area contributed by atoms with Crippen molar-refractivity contribution in [2.24, 2.45) is 0 Å². The molecule has 0 atom stereocenters. The van der Waals surface area contributed by atoms with E-state index in [1.165, 1.54) is 11.3 Å². The first kappa shape index (κ1) is 10.5. The van der Waals surface area contributed by atoms with Gasteiger partial charge in [-0.25, -0.2) is 4.98 Å². The number of carbonyl (C=O) groups excluding carboxylic acids is 1. The standard InChI is InChI=1S/C9H11N3OS/c1-3-4-5-11-8(13)7-6-12-9(10-2)14-7/h1,6H,4-5H2,2H3,(H,10,12)(H,11,13). The third-order valence-electron chi connectivity index (χ3n) is 1.50. The molecule has 0 saturated carbocycles. The van der Waals surface area contributed by atoms with Gasteiger partial charge < -0.3 is 10.6 Å². The number of carbonyl (C=O) groups is 1. The molecule has 1 amide bonds. The molecule has 0 aliphatic rings. The molecular formula is C9H11N3OS. The summed E-state index contributed by atoms with van der Waals surface area (Å²) in [6, 6.07) is 0. The van der Waals surface area contributed by atoms with Crippen LogP contribution in [0.15, 0.2) is 6.20 Å². The number of rotatable bonds is 4. The van der Waals surface area contributed by atoms with Crippen LogP contribution in [0.4, 0.5) is 5.13 Å². The molecule has 0 unspecified atom stereocenters. The Labute approximate surface area is 86.7 Å². The van der Waals surface area contributed by atoms with Crippen LogP contribution in [0.2, 0.25) is 0 Å². The first-order chi connectivity index (χ1) is 6.77. The van der Waals surface area contributed by atoms with Gasteiger partial charge in [0.1, 0.15) is 4.88 Å². The van der Waals surface area contributed by atoms with E-state index in [-0.39, 0.29) is 5.91 Å². The van der Waals surface area contributed by atoms with E-state index >= 15 is 0 Å². The van der Waals surface area contributed by atoms with Gasteiger partial charge in [0.05, 0.1) is 6.20 Å². The number of terminal acetylenes is 1. The first-order valence-corrected chi connectivity index (χ1v) is 4.95. The maximum atomic E-state index is 11.4. The molecule has 74 valence electrons. The van der Waals surface area contributed by atoms with E-state index in [0.717, 1.165) is 5.13 Å². The molecule has 0 aliphatic heterocycles. The fourth-order valence-corrected chi connectivity index (χ4v) is 1.52. The van der Waals surface area contributed by atoms with Crippen molar-refractivity contribution in [2.75, 3.05) is 18.9 Å². The first-order valence-electron chi connectivity index (χ1n) is 4.13. The maximum Gasteiger partial charge on any atom is 0.263 e. The van der Waals surface area contributed by atoms with Crippen LogP contribution in [0.25, 0.3) is 0 Å². The van der Waals surface area contributed by atoms with Crippen molar-refractivity contribution in [1.29, 1.82) is 0 Å². The molecule has 0 saturated heterocycles. The van der Waals surface area contributed by atoms with Gasteiger partial charge in [-0.3, -0.25) is 4.79 Å². The van der Waals surface area contributed by atoms with Crippen molar-refractivity contribution >= 4 is 22.4 Å². The Kier molecular flexibility index (Phi) is 3.95. The molecule has 14 heavy (non-hydrogen) atoms. The zero-order valence-electron chi connectivity index (χ0n) is 7.83. The zero-order chi connectivity index (χ0) is 10.4. The smallest absolute Gasteiger partial charge is 0.263 e. The predicted octanol–water partition coefficient (Wildman–Crippen LogP) is 0.938. The second-order valence-electron chi connectivity index (χ2n) is 2.49. The third-order valence-corrected chi connectivity index (χ3v) is 2.51. The van der Waals surface area contributed by atoms with Crippen LogP contribution < -0.4 is 10.6 Å². The van der Waals surface area contributed by atoms with E-state index in [9.17, 15) is 4.79 Å². The second-order valence-corrected chi connectivity index (χ2v) is 3.52. The van der Waals surface area contributed by atoms with E-state index in [4.69, 9.17) is 6.42 Å². The number of nitrogens with zero attached hydrogens (tertiary/aromatic N) is 1. The molecule has 0 spiro atoms. The number of thiazole rings is 1. The molecule has 0 aliphatic carbocycles. The number of hydrogen-bond acceptors (Lipinski definition) is 4. The maximum absolute atomic E-state index is 11.4. The molecule has 4 nitrogen and oxygen atoms in total. The number of nitrogens with one attached hydrogen (secondary N) is 2. The highest BCUT2D eigenvalue weighted by atomic mass is 32.1. The molecule has 1 rings (SSSR count). The van der Waals surface area contributed by atoms with Crippen molar-refractivity contribution in [3.8, 4) is 12.3 Å². The molecule has 0 radical (unpaired) electrons. The van der Waals surface area contributed by atoms with E-state index < -0.39 is 0 Å². The summed E-state index contributed by atoms with van der Waals surface area (Å²) in [5, 5.41) is 6.29. The van der Waals surface area contributed by atoms with Gasteiger partial charge in [-0.15, -0.1) is 12.3 Å². The largest absolute Gasteiger partial charge is 0.365 e. The molecule has 1 aromatic heterocycles. The van der Waals surface area contributed by atoms with Gasteiger partial charge in [-0.1, -0.05) is 11.3 Å². The number of hydrogen-bond donors (Lipinski definition) is 2. The Morgan fingerprint density at radius 1 is 1.79 bits per heavy atom. The third kappa shape index (κ3) is 2.75. The monoisotopic (exact) mass is 209 g/mol. The summed E-state index contributed by atoms with van der Waals surface area (Å²) in [5.41, 5.74) is 0. The Morgan fingerprint density at radius 3 is 3.14 bits per heavy atom. The average molecular weight is 209 g/mol. The van der Waals surface area contributed by atoms with Crippen LogP contribution >= 0.6 is 11.3 Å². The fourth-order valence-electron chi connectivity index (χ4n) is 0.830. The van der Waals surface area contributed by atoms with Crippen molar-refractivity contribution in [3.05, 3.63) is 11.1 Å². The van der Waals surface area contributed by atoms with Crippen LogP contribution in [0, 0.1) is 12.3 Å².